The zero-order valence-corrected chi connectivity index (χ0v) is 13.0. The maximum absolute atomic E-state index is 6.04. The highest BCUT2D eigenvalue weighted by Crippen LogP contribution is 2.34. The standard InChI is InChI=1S/C14H14BrN3S/c1-2-6-18-12-4-3-9(15)8-11(12)17-14(18)13-10(16)5-7-19-13/h3-5,7-8H,2,6,16H2,1H3. The monoisotopic (exact) mass is 335 g/mol. The fourth-order valence-electron chi connectivity index (χ4n) is 2.23. The Hall–Kier alpha value is -1.33. The highest BCUT2D eigenvalue weighted by molar-refractivity contribution is 9.10. The van der Waals surface area contributed by atoms with Crippen LogP contribution in [0.2, 0.25) is 0 Å². The maximum Gasteiger partial charge on any atom is 0.153 e. The molecule has 0 atom stereocenters. The molecule has 5 heteroatoms. The highest BCUT2D eigenvalue weighted by atomic mass is 79.9. The number of nitrogens with two attached hydrogens (primary N) is 1. The third kappa shape index (κ3) is 2.17. The lowest BCUT2D eigenvalue weighted by Crippen LogP contribution is -1.99. The summed E-state index contributed by atoms with van der Waals surface area (Å²) in [4.78, 5) is 5.82. The Labute approximate surface area is 124 Å². The van der Waals surface area contributed by atoms with Gasteiger partial charge in [-0.15, -0.1) is 11.3 Å². The number of thiophene rings is 1. The Morgan fingerprint density at radius 3 is 2.89 bits per heavy atom. The van der Waals surface area contributed by atoms with Gasteiger partial charge < -0.3 is 10.3 Å². The van der Waals surface area contributed by atoms with Crippen molar-refractivity contribution in [3.8, 4) is 10.7 Å². The number of aromatic nitrogens is 2. The van der Waals surface area contributed by atoms with Crippen LogP contribution in [-0.2, 0) is 6.54 Å². The molecule has 0 spiro atoms. The summed E-state index contributed by atoms with van der Waals surface area (Å²) in [6, 6.07) is 8.15. The molecule has 3 rings (SSSR count). The number of halogens is 1. The molecule has 0 saturated carbocycles. The molecule has 0 saturated heterocycles. The second-order valence-electron chi connectivity index (χ2n) is 4.43. The molecule has 0 aliphatic carbocycles. The first-order chi connectivity index (χ1) is 9.20. The highest BCUT2D eigenvalue weighted by Gasteiger charge is 2.15. The van der Waals surface area contributed by atoms with Crippen LogP contribution in [0.25, 0.3) is 21.7 Å². The van der Waals surface area contributed by atoms with Crippen molar-refractivity contribution < 1.29 is 0 Å². The van der Waals surface area contributed by atoms with Gasteiger partial charge in [-0.2, -0.15) is 0 Å². The Morgan fingerprint density at radius 2 is 2.21 bits per heavy atom. The number of hydrogen-bond acceptors (Lipinski definition) is 3. The summed E-state index contributed by atoms with van der Waals surface area (Å²) in [5, 5.41) is 2.01. The number of aryl methyl sites for hydroxylation is 1. The molecular weight excluding hydrogens is 322 g/mol. The Morgan fingerprint density at radius 1 is 1.37 bits per heavy atom. The number of rotatable bonds is 3. The minimum Gasteiger partial charge on any atom is -0.397 e. The smallest absolute Gasteiger partial charge is 0.153 e. The van der Waals surface area contributed by atoms with Gasteiger partial charge in [-0.25, -0.2) is 4.98 Å². The number of imidazole rings is 1. The van der Waals surface area contributed by atoms with Gasteiger partial charge in [-0.05, 0) is 36.1 Å². The van der Waals surface area contributed by atoms with Crippen LogP contribution in [-0.4, -0.2) is 9.55 Å². The summed E-state index contributed by atoms with van der Waals surface area (Å²) < 4.78 is 3.30. The number of fused-ring (bicyclic) bond motifs is 1. The average Bonchev–Trinajstić information content (AvgIpc) is 2.94. The largest absolute Gasteiger partial charge is 0.397 e. The SMILES string of the molecule is CCCn1c(-c2sccc2N)nc2cc(Br)ccc21. The quantitative estimate of drug-likeness (QED) is 0.764. The molecule has 0 radical (unpaired) electrons. The van der Waals surface area contributed by atoms with Gasteiger partial charge in [-0.1, -0.05) is 22.9 Å². The lowest BCUT2D eigenvalue weighted by Gasteiger charge is -2.06. The summed E-state index contributed by atoms with van der Waals surface area (Å²) in [5.74, 6) is 0.974. The minimum atomic E-state index is 0.803. The molecule has 0 aliphatic rings. The normalized spacial score (nSPS) is 11.3. The molecule has 2 aromatic heterocycles. The average molecular weight is 336 g/mol. The van der Waals surface area contributed by atoms with Gasteiger partial charge in [0.05, 0.1) is 21.6 Å². The van der Waals surface area contributed by atoms with Crippen LogP contribution in [0.15, 0.2) is 34.1 Å². The topological polar surface area (TPSA) is 43.8 Å². The molecule has 2 N–H and O–H groups in total. The number of nitrogen functional groups attached to an aromatic ring is 1. The van der Waals surface area contributed by atoms with Crippen LogP contribution in [0.3, 0.4) is 0 Å². The van der Waals surface area contributed by atoms with Gasteiger partial charge in [0.2, 0.25) is 0 Å². The third-order valence-electron chi connectivity index (χ3n) is 3.06. The van der Waals surface area contributed by atoms with Crippen molar-refractivity contribution in [3.63, 3.8) is 0 Å². The predicted octanol–water partition coefficient (Wildman–Crippen LogP) is 4.52. The van der Waals surface area contributed by atoms with E-state index in [1.165, 1.54) is 0 Å². The summed E-state index contributed by atoms with van der Waals surface area (Å²) >= 11 is 5.14. The van der Waals surface area contributed by atoms with Crippen LogP contribution in [0.5, 0.6) is 0 Å². The molecule has 1 aromatic carbocycles. The third-order valence-corrected chi connectivity index (χ3v) is 4.48. The van der Waals surface area contributed by atoms with E-state index < -0.39 is 0 Å². The van der Waals surface area contributed by atoms with Gasteiger partial charge in [0.15, 0.2) is 5.82 Å². The first-order valence-corrected chi connectivity index (χ1v) is 7.87. The Kier molecular flexibility index (Phi) is 3.33. The molecule has 2 heterocycles. The van der Waals surface area contributed by atoms with E-state index in [2.05, 4.69) is 45.6 Å². The molecule has 3 aromatic rings. The molecular formula is C14H14BrN3S. The number of nitrogens with zero attached hydrogens (tertiary/aromatic N) is 2. The molecule has 0 bridgehead atoms. The fraction of sp³-hybridized carbons (Fsp3) is 0.214. The molecule has 0 aliphatic heterocycles. The van der Waals surface area contributed by atoms with Crippen molar-refractivity contribution in [3.05, 3.63) is 34.1 Å². The van der Waals surface area contributed by atoms with Crippen LogP contribution < -0.4 is 5.73 Å². The predicted molar refractivity (Wildman–Crippen MR) is 85.4 cm³/mol. The number of benzene rings is 1. The van der Waals surface area contributed by atoms with Crippen LogP contribution in [0, 0.1) is 0 Å². The lowest BCUT2D eigenvalue weighted by molar-refractivity contribution is 0.705. The second kappa shape index (κ2) is 4.98. The zero-order chi connectivity index (χ0) is 13.4. The van der Waals surface area contributed by atoms with Crippen molar-refractivity contribution in [2.45, 2.75) is 19.9 Å². The molecule has 0 fully saturated rings. The summed E-state index contributed by atoms with van der Waals surface area (Å²) in [6.07, 6.45) is 1.07. The van der Waals surface area contributed by atoms with E-state index in [9.17, 15) is 0 Å². The van der Waals surface area contributed by atoms with E-state index in [-0.39, 0.29) is 0 Å². The van der Waals surface area contributed by atoms with Gasteiger partial charge >= 0.3 is 0 Å². The van der Waals surface area contributed by atoms with Gasteiger partial charge in [0.1, 0.15) is 0 Å². The Balaban J connectivity index is 2.28. The Bertz CT molecular complexity index is 729. The van der Waals surface area contributed by atoms with Gasteiger partial charge in [-0.3, -0.25) is 0 Å². The molecule has 0 unspecified atom stereocenters. The number of anilines is 1. The molecule has 0 amide bonds. The van der Waals surface area contributed by atoms with Crippen LogP contribution in [0.1, 0.15) is 13.3 Å². The van der Waals surface area contributed by atoms with Crippen LogP contribution in [0.4, 0.5) is 5.69 Å². The van der Waals surface area contributed by atoms with E-state index in [1.807, 2.05) is 11.4 Å². The number of hydrogen-bond donors (Lipinski definition) is 1. The second-order valence-corrected chi connectivity index (χ2v) is 6.26. The van der Waals surface area contributed by atoms with E-state index in [1.54, 1.807) is 11.3 Å². The van der Waals surface area contributed by atoms with E-state index in [0.29, 0.717) is 0 Å². The fourth-order valence-corrected chi connectivity index (χ4v) is 3.39. The molecule has 19 heavy (non-hydrogen) atoms. The minimum absolute atomic E-state index is 0.803. The van der Waals surface area contributed by atoms with Gasteiger partial charge in [0, 0.05) is 11.0 Å². The van der Waals surface area contributed by atoms with E-state index >= 15 is 0 Å². The van der Waals surface area contributed by atoms with Gasteiger partial charge in [0.25, 0.3) is 0 Å². The van der Waals surface area contributed by atoms with E-state index in [4.69, 9.17) is 10.7 Å². The molecule has 98 valence electrons. The zero-order valence-electron chi connectivity index (χ0n) is 10.6. The van der Waals surface area contributed by atoms with Crippen molar-refractivity contribution >= 4 is 44.0 Å². The van der Waals surface area contributed by atoms with Crippen molar-refractivity contribution in [2.75, 3.05) is 5.73 Å². The summed E-state index contributed by atoms with van der Waals surface area (Å²) in [7, 11) is 0. The maximum atomic E-state index is 6.04. The van der Waals surface area contributed by atoms with Crippen molar-refractivity contribution in [1.29, 1.82) is 0 Å². The molecule has 3 nitrogen and oxygen atoms in total. The van der Waals surface area contributed by atoms with Crippen LogP contribution >= 0.6 is 27.3 Å². The van der Waals surface area contributed by atoms with Crippen molar-refractivity contribution in [2.24, 2.45) is 0 Å². The summed E-state index contributed by atoms with van der Waals surface area (Å²) in [6.45, 7) is 3.12. The van der Waals surface area contributed by atoms with Crippen molar-refractivity contribution in [1.82, 2.24) is 9.55 Å². The summed E-state index contributed by atoms with van der Waals surface area (Å²) in [5.41, 5.74) is 9.00. The first kappa shape index (κ1) is 12.7. The van der Waals surface area contributed by atoms with E-state index in [0.717, 1.165) is 44.9 Å². The first-order valence-electron chi connectivity index (χ1n) is 6.20. The lowest BCUT2D eigenvalue weighted by atomic mass is 10.3.